The standard InChI is InChI=1S/C45H53N2O4PS2/c1-34(44(48)46-28-30-53-54-31-29-47-52(49,50-39-17-7-3-8-18-39)51-40-19-9-4-10-20-40)23-24-35-25-26-36-16-13-27-45(33-43(36)45)42-22-12-11-21-41(42)38-15-6-2-5-14-37(35)32-38/h2-12,14-15,17-22,32,34-36,43H,13,16,23-31,33H2,1H3,(H,46,48)(H,47,49)/b5-2-,6-2?,14-5?,15-6?,37-14+,37-32?,38-15?,38-32?. The van der Waals surface area contributed by atoms with Crippen molar-refractivity contribution in [3.05, 3.63) is 138 Å². The minimum Gasteiger partial charge on any atom is -0.405 e. The Labute approximate surface area is 329 Å². The van der Waals surface area contributed by atoms with E-state index in [-0.39, 0.29) is 11.8 Å². The number of hydrogen-bond acceptors (Lipinski definition) is 6. The number of nitrogens with one attached hydrogen (secondary N) is 2. The second kappa shape index (κ2) is 18.5. The molecular weight excluding hydrogens is 728 g/mol. The van der Waals surface area contributed by atoms with Crippen LogP contribution in [0.4, 0.5) is 0 Å². The van der Waals surface area contributed by atoms with Crippen molar-refractivity contribution in [3.63, 3.8) is 0 Å². The summed E-state index contributed by atoms with van der Waals surface area (Å²) in [6.45, 7) is 3.13. The third-order valence-electron chi connectivity index (χ3n) is 11.5. The average Bonchev–Trinajstić information content (AvgIpc) is 3.93. The highest BCUT2D eigenvalue weighted by Crippen LogP contribution is 2.66. The lowest BCUT2D eigenvalue weighted by Gasteiger charge is -2.31. The van der Waals surface area contributed by atoms with Crippen molar-refractivity contribution in [1.82, 2.24) is 10.4 Å². The van der Waals surface area contributed by atoms with Gasteiger partial charge in [0.05, 0.1) is 0 Å². The molecule has 2 N–H and O–H groups in total. The quantitative estimate of drug-likeness (QED) is 0.0851. The molecule has 4 aliphatic carbocycles. The Morgan fingerprint density at radius 3 is 2.33 bits per heavy atom. The summed E-state index contributed by atoms with van der Waals surface area (Å²) in [7, 11) is -0.284. The van der Waals surface area contributed by atoms with Crippen LogP contribution in [0.2, 0.25) is 0 Å². The van der Waals surface area contributed by atoms with Gasteiger partial charge >= 0.3 is 7.75 Å². The normalized spacial score (nSPS) is 25.1. The zero-order chi connectivity index (χ0) is 37.2. The van der Waals surface area contributed by atoms with Gasteiger partial charge in [-0.1, -0.05) is 138 Å². The molecule has 2 saturated carbocycles. The first-order valence-electron chi connectivity index (χ1n) is 19.7. The lowest BCUT2D eigenvalue weighted by atomic mass is 9.74. The highest BCUT2D eigenvalue weighted by molar-refractivity contribution is 8.76. The number of allylic oxidation sites excluding steroid dienone is 8. The van der Waals surface area contributed by atoms with Crippen LogP contribution in [0, 0.1) is 23.7 Å². The SMILES string of the molecule is CC(CCC1CCC2CCCC3(CC23)c2ccccc2C2=C/C1=C\C=C/C=C2)C(=O)NCCSSCCNP(=O)(Oc1ccccc1)Oc1ccccc1. The molecule has 284 valence electrons. The van der Waals surface area contributed by atoms with Crippen molar-refractivity contribution < 1.29 is 18.4 Å². The molecule has 0 saturated heterocycles. The summed E-state index contributed by atoms with van der Waals surface area (Å²) in [5, 5.41) is 6.19. The highest BCUT2D eigenvalue weighted by Gasteiger charge is 2.60. The first-order chi connectivity index (χ1) is 26.4. The molecule has 2 fully saturated rings. The monoisotopic (exact) mass is 780 g/mol. The Hall–Kier alpha value is -3.42. The summed E-state index contributed by atoms with van der Waals surface area (Å²) in [4.78, 5) is 13.2. The number of carbonyl (C=O) groups excluding carboxylic acids is 1. The van der Waals surface area contributed by atoms with Crippen LogP contribution < -0.4 is 19.5 Å². The molecule has 7 rings (SSSR count). The molecule has 9 heteroatoms. The van der Waals surface area contributed by atoms with Gasteiger partial charge in [-0.3, -0.25) is 4.79 Å². The number of fused-ring (bicyclic) bond motifs is 3. The zero-order valence-electron chi connectivity index (χ0n) is 31.2. The van der Waals surface area contributed by atoms with Crippen molar-refractivity contribution in [2.24, 2.45) is 23.7 Å². The molecule has 3 aromatic carbocycles. The molecule has 0 radical (unpaired) electrons. The maximum atomic E-state index is 13.6. The molecule has 0 heterocycles. The predicted octanol–water partition coefficient (Wildman–Crippen LogP) is 11.4. The summed E-state index contributed by atoms with van der Waals surface area (Å²) >= 11 is 0. The number of benzene rings is 3. The fourth-order valence-corrected chi connectivity index (χ4v) is 12.0. The van der Waals surface area contributed by atoms with E-state index in [0.717, 1.165) is 30.4 Å². The fourth-order valence-electron chi connectivity index (χ4n) is 8.70. The van der Waals surface area contributed by atoms with E-state index in [4.69, 9.17) is 9.05 Å². The van der Waals surface area contributed by atoms with Gasteiger partial charge in [0.15, 0.2) is 0 Å². The molecule has 0 aromatic heterocycles. The molecule has 0 aliphatic heterocycles. The number of amides is 1. The maximum absolute atomic E-state index is 13.6. The van der Waals surface area contributed by atoms with Gasteiger partial charge in [-0.15, -0.1) is 0 Å². The van der Waals surface area contributed by atoms with E-state index in [2.05, 4.69) is 78.0 Å². The van der Waals surface area contributed by atoms with Crippen LogP contribution in [-0.4, -0.2) is 30.5 Å². The van der Waals surface area contributed by atoms with E-state index in [1.807, 2.05) is 36.4 Å². The molecule has 5 unspecified atom stereocenters. The van der Waals surface area contributed by atoms with E-state index in [9.17, 15) is 9.36 Å². The van der Waals surface area contributed by atoms with Gasteiger partial charge in [-0.05, 0) is 108 Å². The summed E-state index contributed by atoms with van der Waals surface area (Å²) in [6, 6.07) is 27.3. The molecule has 5 atom stereocenters. The Morgan fingerprint density at radius 1 is 0.870 bits per heavy atom. The molecular formula is C45H53N2O4PS2. The van der Waals surface area contributed by atoms with Crippen LogP contribution in [-0.2, 0) is 14.8 Å². The van der Waals surface area contributed by atoms with Crippen LogP contribution in [0.1, 0.15) is 69.4 Å². The molecule has 0 spiro atoms. The largest absolute Gasteiger partial charge is 0.512 e. The molecule has 4 aliphatic rings. The number of para-hydroxylation sites is 2. The fraction of sp³-hybridized carbons (Fsp3) is 0.400. The molecule has 6 nitrogen and oxygen atoms in total. The number of rotatable bonds is 16. The summed E-state index contributed by atoms with van der Waals surface area (Å²) in [5.74, 6) is 4.56. The Bertz CT molecular complexity index is 1850. The minimum atomic E-state index is -3.65. The summed E-state index contributed by atoms with van der Waals surface area (Å²) < 4.78 is 25.2. The average molecular weight is 781 g/mol. The van der Waals surface area contributed by atoms with Crippen molar-refractivity contribution in [3.8, 4) is 11.5 Å². The zero-order valence-corrected chi connectivity index (χ0v) is 33.8. The number of carbonyl (C=O) groups is 1. The first-order valence-corrected chi connectivity index (χ1v) is 23.7. The molecule has 4 bridgehead atoms. The van der Waals surface area contributed by atoms with Gasteiger partial charge in [-0.2, -0.15) is 0 Å². The molecule has 1 amide bonds. The van der Waals surface area contributed by atoms with Crippen molar-refractivity contribution in [2.75, 3.05) is 24.6 Å². The first kappa shape index (κ1) is 38.8. The number of hydrogen-bond donors (Lipinski definition) is 2. The highest BCUT2D eigenvalue weighted by atomic mass is 33.1. The van der Waals surface area contributed by atoms with Gasteiger partial charge < -0.3 is 14.4 Å². The Morgan fingerprint density at radius 2 is 1.57 bits per heavy atom. The van der Waals surface area contributed by atoms with Gasteiger partial charge in [0, 0.05) is 30.5 Å². The predicted molar refractivity (Wildman–Crippen MR) is 227 cm³/mol. The van der Waals surface area contributed by atoms with E-state index >= 15 is 0 Å². The summed E-state index contributed by atoms with van der Waals surface area (Å²) in [6.07, 6.45) is 23.3. The Balaban J connectivity index is 0.873. The lowest BCUT2D eigenvalue weighted by Crippen LogP contribution is -2.31. The van der Waals surface area contributed by atoms with E-state index < -0.39 is 7.75 Å². The maximum Gasteiger partial charge on any atom is 0.512 e. The van der Waals surface area contributed by atoms with Crippen LogP contribution in [0.5, 0.6) is 11.5 Å². The van der Waals surface area contributed by atoms with Crippen molar-refractivity contribution >= 4 is 40.8 Å². The second-order valence-electron chi connectivity index (χ2n) is 15.1. The third-order valence-corrected chi connectivity index (χ3v) is 15.5. The van der Waals surface area contributed by atoms with Gasteiger partial charge in [0.25, 0.3) is 0 Å². The second-order valence-corrected chi connectivity index (χ2v) is 19.5. The van der Waals surface area contributed by atoms with E-state index in [1.165, 1.54) is 55.2 Å². The van der Waals surface area contributed by atoms with Crippen LogP contribution in [0.3, 0.4) is 0 Å². The van der Waals surface area contributed by atoms with Crippen molar-refractivity contribution in [1.29, 1.82) is 0 Å². The lowest BCUT2D eigenvalue weighted by molar-refractivity contribution is -0.124. The van der Waals surface area contributed by atoms with Crippen LogP contribution >= 0.6 is 29.3 Å². The third kappa shape index (κ3) is 9.87. The van der Waals surface area contributed by atoms with Crippen LogP contribution in [0.25, 0.3) is 5.57 Å². The minimum absolute atomic E-state index is 0.0482. The van der Waals surface area contributed by atoms with Gasteiger partial charge in [0.1, 0.15) is 11.5 Å². The van der Waals surface area contributed by atoms with Gasteiger partial charge in [-0.25, -0.2) is 9.65 Å². The molecule has 54 heavy (non-hydrogen) atoms. The van der Waals surface area contributed by atoms with E-state index in [0.29, 0.717) is 41.7 Å². The van der Waals surface area contributed by atoms with E-state index in [1.54, 1.807) is 51.4 Å². The summed E-state index contributed by atoms with van der Waals surface area (Å²) in [5.41, 5.74) is 6.07. The van der Waals surface area contributed by atoms with Gasteiger partial charge in [0.2, 0.25) is 5.91 Å². The smallest absolute Gasteiger partial charge is 0.405 e. The van der Waals surface area contributed by atoms with Crippen LogP contribution in [0.15, 0.2) is 127 Å². The Kier molecular flexibility index (Phi) is 13.3. The topological polar surface area (TPSA) is 76.7 Å². The van der Waals surface area contributed by atoms with Crippen molar-refractivity contribution in [2.45, 2.75) is 63.7 Å². The molecule has 3 aromatic rings.